The molecule has 0 radical (unpaired) electrons. The molecule has 1 aromatic rings. The van der Waals surface area contributed by atoms with Crippen molar-refractivity contribution in [1.82, 2.24) is 4.98 Å². The zero-order valence-electron chi connectivity index (χ0n) is 6.54. The van der Waals surface area contributed by atoms with Crippen LogP contribution in [0.4, 0.5) is 0 Å². The second-order valence-corrected chi connectivity index (χ2v) is 2.65. The van der Waals surface area contributed by atoms with Gasteiger partial charge in [-0.05, 0) is 6.07 Å². The Hall–Kier alpha value is -1.08. The Morgan fingerprint density at radius 1 is 1.67 bits per heavy atom. The Morgan fingerprint density at radius 3 is 2.92 bits per heavy atom. The smallest absolute Gasteiger partial charge is 0.213 e. The van der Waals surface area contributed by atoms with Gasteiger partial charge < -0.3 is 4.74 Å². The molecule has 0 bridgehead atoms. The van der Waals surface area contributed by atoms with Crippen molar-refractivity contribution in [2.75, 3.05) is 7.11 Å². The summed E-state index contributed by atoms with van der Waals surface area (Å²) in [6, 6.07) is 5.42. The highest BCUT2D eigenvalue weighted by Crippen LogP contribution is 2.14. The maximum atomic E-state index is 8.66. The van der Waals surface area contributed by atoms with Gasteiger partial charge in [-0.3, -0.25) is 0 Å². The third-order valence-electron chi connectivity index (χ3n) is 1.40. The number of hydrogen-bond acceptors (Lipinski definition) is 3. The molecule has 62 valence electrons. The highest BCUT2D eigenvalue weighted by atomic mass is 79.9. The molecule has 4 heteroatoms. The van der Waals surface area contributed by atoms with E-state index in [9.17, 15) is 0 Å². The van der Waals surface area contributed by atoms with Crippen LogP contribution in [0.5, 0.6) is 5.88 Å². The number of ether oxygens (including phenoxy) is 1. The lowest BCUT2D eigenvalue weighted by Gasteiger charge is -2.01. The Labute approximate surface area is 79.1 Å². The van der Waals surface area contributed by atoms with Gasteiger partial charge in [-0.2, -0.15) is 5.26 Å². The fourth-order valence-corrected chi connectivity index (χ4v) is 1.23. The summed E-state index contributed by atoms with van der Waals surface area (Å²) in [6.07, 6.45) is 0. The molecule has 0 atom stereocenters. The van der Waals surface area contributed by atoms with Gasteiger partial charge in [0.05, 0.1) is 18.4 Å². The summed E-state index contributed by atoms with van der Waals surface area (Å²) in [5.74, 6) is 0.531. The largest absolute Gasteiger partial charge is 0.481 e. The van der Waals surface area contributed by atoms with Crippen molar-refractivity contribution in [2.24, 2.45) is 0 Å². The van der Waals surface area contributed by atoms with Gasteiger partial charge in [0.25, 0.3) is 0 Å². The minimum atomic E-state index is 0.531. The predicted octanol–water partition coefficient (Wildman–Crippen LogP) is 1.86. The molecule has 0 saturated carbocycles. The summed E-state index contributed by atoms with van der Waals surface area (Å²) >= 11 is 3.24. The van der Waals surface area contributed by atoms with Crippen LogP contribution in [0.1, 0.15) is 11.3 Å². The molecule has 0 aliphatic carbocycles. The summed E-state index contributed by atoms with van der Waals surface area (Å²) in [7, 11) is 1.55. The molecule has 0 aromatic carbocycles. The molecule has 1 rings (SSSR count). The molecule has 3 nitrogen and oxygen atoms in total. The number of methoxy groups -OCH3 is 1. The Kier molecular flexibility index (Phi) is 3.06. The second kappa shape index (κ2) is 4.07. The zero-order valence-corrected chi connectivity index (χ0v) is 8.13. The van der Waals surface area contributed by atoms with E-state index in [0.29, 0.717) is 22.5 Å². The molecule has 0 aliphatic rings. The first-order valence-corrected chi connectivity index (χ1v) is 4.44. The first-order valence-electron chi connectivity index (χ1n) is 3.31. The fourth-order valence-electron chi connectivity index (χ4n) is 0.799. The van der Waals surface area contributed by atoms with Crippen molar-refractivity contribution in [3.63, 3.8) is 0 Å². The number of hydrogen-bond donors (Lipinski definition) is 0. The van der Waals surface area contributed by atoms with Crippen LogP contribution in [0.15, 0.2) is 12.1 Å². The molecule has 0 unspecified atom stereocenters. The molecule has 0 N–H and O–H groups in total. The van der Waals surface area contributed by atoms with Crippen LogP contribution in [0.25, 0.3) is 0 Å². The molecule has 1 heterocycles. The third-order valence-corrected chi connectivity index (χ3v) is 1.94. The van der Waals surface area contributed by atoms with Gasteiger partial charge in [0.1, 0.15) is 6.07 Å². The van der Waals surface area contributed by atoms with E-state index in [0.717, 1.165) is 0 Å². The van der Waals surface area contributed by atoms with Crippen molar-refractivity contribution < 1.29 is 4.74 Å². The number of alkyl halides is 1. The average molecular weight is 227 g/mol. The van der Waals surface area contributed by atoms with Crippen LogP contribution in [-0.4, -0.2) is 12.1 Å². The van der Waals surface area contributed by atoms with Crippen LogP contribution in [0.2, 0.25) is 0 Å². The lowest BCUT2D eigenvalue weighted by atomic mass is 10.2. The average Bonchev–Trinajstić information content (AvgIpc) is 2.16. The SMILES string of the molecule is COc1ccc(C#N)c(CBr)n1. The van der Waals surface area contributed by atoms with E-state index in [-0.39, 0.29) is 0 Å². The number of nitrogens with zero attached hydrogens (tertiary/aromatic N) is 2. The van der Waals surface area contributed by atoms with Gasteiger partial charge >= 0.3 is 0 Å². The van der Waals surface area contributed by atoms with Gasteiger partial charge in [-0.25, -0.2) is 4.98 Å². The van der Waals surface area contributed by atoms with Crippen molar-refractivity contribution in [3.05, 3.63) is 23.4 Å². The third kappa shape index (κ3) is 1.74. The monoisotopic (exact) mass is 226 g/mol. The van der Waals surface area contributed by atoms with Crippen LogP contribution >= 0.6 is 15.9 Å². The number of aromatic nitrogens is 1. The van der Waals surface area contributed by atoms with E-state index >= 15 is 0 Å². The maximum Gasteiger partial charge on any atom is 0.213 e. The minimum absolute atomic E-state index is 0.531. The highest BCUT2D eigenvalue weighted by Gasteiger charge is 2.03. The van der Waals surface area contributed by atoms with Gasteiger partial charge in [-0.15, -0.1) is 0 Å². The highest BCUT2D eigenvalue weighted by molar-refractivity contribution is 9.08. The van der Waals surface area contributed by atoms with Crippen LogP contribution in [-0.2, 0) is 5.33 Å². The van der Waals surface area contributed by atoms with E-state index in [1.807, 2.05) is 6.07 Å². The fraction of sp³-hybridized carbons (Fsp3) is 0.250. The number of halogens is 1. The molecule has 1 aromatic heterocycles. The normalized spacial score (nSPS) is 9.08. The standard InChI is InChI=1S/C8H7BrN2O/c1-12-8-3-2-6(5-10)7(4-9)11-8/h2-3H,4H2,1H3. The Balaban J connectivity index is 3.13. The summed E-state index contributed by atoms with van der Waals surface area (Å²) < 4.78 is 4.91. The zero-order chi connectivity index (χ0) is 8.97. The molecule has 0 aliphatic heterocycles. The van der Waals surface area contributed by atoms with E-state index < -0.39 is 0 Å². The lowest BCUT2D eigenvalue weighted by molar-refractivity contribution is 0.397. The van der Waals surface area contributed by atoms with Gasteiger partial charge in [0, 0.05) is 11.4 Å². The number of rotatable bonds is 2. The van der Waals surface area contributed by atoms with Crippen LogP contribution in [0, 0.1) is 11.3 Å². The van der Waals surface area contributed by atoms with Crippen molar-refractivity contribution in [3.8, 4) is 11.9 Å². The Bertz CT molecular complexity index is 319. The van der Waals surface area contributed by atoms with E-state index in [2.05, 4.69) is 20.9 Å². The van der Waals surface area contributed by atoms with E-state index in [1.165, 1.54) is 0 Å². The van der Waals surface area contributed by atoms with Gasteiger partial charge in [0.15, 0.2) is 0 Å². The van der Waals surface area contributed by atoms with Gasteiger partial charge in [0.2, 0.25) is 5.88 Å². The first-order chi connectivity index (χ1) is 5.81. The molecule has 0 spiro atoms. The Morgan fingerprint density at radius 2 is 2.42 bits per heavy atom. The van der Waals surface area contributed by atoms with Crippen molar-refractivity contribution in [1.29, 1.82) is 5.26 Å². The number of nitriles is 1. The lowest BCUT2D eigenvalue weighted by Crippen LogP contribution is -1.94. The van der Waals surface area contributed by atoms with E-state index in [4.69, 9.17) is 10.00 Å². The molecular formula is C8H7BrN2O. The van der Waals surface area contributed by atoms with E-state index in [1.54, 1.807) is 19.2 Å². The molecule has 12 heavy (non-hydrogen) atoms. The maximum absolute atomic E-state index is 8.66. The molecule has 0 saturated heterocycles. The second-order valence-electron chi connectivity index (χ2n) is 2.09. The summed E-state index contributed by atoms with van der Waals surface area (Å²) in [5.41, 5.74) is 1.28. The molecule has 0 amide bonds. The quantitative estimate of drug-likeness (QED) is 0.724. The molecule has 0 fully saturated rings. The topological polar surface area (TPSA) is 45.9 Å². The van der Waals surface area contributed by atoms with Crippen molar-refractivity contribution in [2.45, 2.75) is 5.33 Å². The summed E-state index contributed by atoms with van der Waals surface area (Å²) in [6.45, 7) is 0. The van der Waals surface area contributed by atoms with Gasteiger partial charge in [-0.1, -0.05) is 15.9 Å². The minimum Gasteiger partial charge on any atom is -0.481 e. The predicted molar refractivity (Wildman–Crippen MR) is 48.1 cm³/mol. The summed E-state index contributed by atoms with van der Waals surface area (Å²) in [5, 5.41) is 9.22. The summed E-state index contributed by atoms with van der Waals surface area (Å²) in [4.78, 5) is 4.09. The number of pyridine rings is 1. The first kappa shape index (κ1) is 9.01. The van der Waals surface area contributed by atoms with Crippen LogP contribution < -0.4 is 4.74 Å². The van der Waals surface area contributed by atoms with Crippen molar-refractivity contribution >= 4 is 15.9 Å². The van der Waals surface area contributed by atoms with Crippen LogP contribution in [0.3, 0.4) is 0 Å². The molecular weight excluding hydrogens is 220 g/mol.